The summed E-state index contributed by atoms with van der Waals surface area (Å²) < 4.78 is 0. The van der Waals surface area contributed by atoms with Crippen molar-refractivity contribution in [3.63, 3.8) is 0 Å². The first-order chi connectivity index (χ1) is 8.99. The molecule has 1 fully saturated rings. The van der Waals surface area contributed by atoms with Gasteiger partial charge in [0.25, 0.3) is 0 Å². The van der Waals surface area contributed by atoms with Crippen LogP contribution in [0.1, 0.15) is 45.2 Å². The van der Waals surface area contributed by atoms with Gasteiger partial charge in [-0.1, -0.05) is 30.7 Å². The maximum absolute atomic E-state index is 6.26. The first-order valence-corrected chi connectivity index (χ1v) is 7.63. The molecule has 2 N–H and O–H groups in total. The summed E-state index contributed by atoms with van der Waals surface area (Å²) in [7, 11) is 0. The van der Waals surface area contributed by atoms with E-state index in [1.165, 1.54) is 18.4 Å². The third-order valence-corrected chi connectivity index (χ3v) is 4.47. The van der Waals surface area contributed by atoms with Crippen molar-refractivity contribution in [2.75, 3.05) is 6.54 Å². The highest BCUT2D eigenvalue weighted by molar-refractivity contribution is 6.30. The van der Waals surface area contributed by atoms with Gasteiger partial charge in [-0.25, -0.2) is 0 Å². The fraction of sp³-hybridized carbons (Fsp3) is 0.625. The molecule has 106 valence electrons. The first kappa shape index (κ1) is 14.8. The molecule has 2 rings (SSSR count). The van der Waals surface area contributed by atoms with Crippen LogP contribution in [0.25, 0.3) is 0 Å². The average Bonchev–Trinajstić information content (AvgIpc) is 2.32. The van der Waals surface area contributed by atoms with Gasteiger partial charge in [-0.2, -0.15) is 0 Å². The van der Waals surface area contributed by atoms with Crippen LogP contribution >= 0.6 is 11.6 Å². The zero-order valence-electron chi connectivity index (χ0n) is 12.1. The highest BCUT2D eigenvalue weighted by atomic mass is 35.5. The number of hydrogen-bond donors (Lipinski definition) is 1. The number of halogens is 1. The van der Waals surface area contributed by atoms with Crippen molar-refractivity contribution in [1.29, 1.82) is 0 Å². The predicted octanol–water partition coefficient (Wildman–Crippen LogP) is 3.85. The van der Waals surface area contributed by atoms with E-state index in [-0.39, 0.29) is 12.1 Å². The molecular weight excluding hydrogens is 256 g/mol. The Kier molecular flexibility index (Phi) is 4.88. The van der Waals surface area contributed by atoms with Gasteiger partial charge in [0, 0.05) is 23.1 Å². The van der Waals surface area contributed by atoms with Crippen molar-refractivity contribution in [2.24, 2.45) is 11.7 Å². The molecule has 0 radical (unpaired) electrons. The smallest absolute Gasteiger partial charge is 0.0499 e. The van der Waals surface area contributed by atoms with E-state index >= 15 is 0 Å². The zero-order valence-corrected chi connectivity index (χ0v) is 12.9. The zero-order chi connectivity index (χ0) is 14.0. The maximum atomic E-state index is 6.26. The second-order valence-electron chi connectivity index (χ2n) is 6.08. The summed E-state index contributed by atoms with van der Waals surface area (Å²) in [6, 6.07) is 9.09. The molecule has 1 saturated heterocycles. The van der Waals surface area contributed by atoms with Crippen LogP contribution in [0, 0.1) is 5.92 Å². The van der Waals surface area contributed by atoms with Crippen molar-refractivity contribution in [1.82, 2.24) is 4.90 Å². The van der Waals surface area contributed by atoms with Crippen LogP contribution in [0.15, 0.2) is 24.3 Å². The lowest BCUT2D eigenvalue weighted by Crippen LogP contribution is -2.47. The summed E-state index contributed by atoms with van der Waals surface area (Å²) >= 11 is 6.13. The molecule has 3 heteroatoms. The Morgan fingerprint density at radius 1 is 1.37 bits per heavy atom. The molecular formula is C16H25ClN2. The molecule has 19 heavy (non-hydrogen) atoms. The second-order valence-corrected chi connectivity index (χ2v) is 6.51. The van der Waals surface area contributed by atoms with Gasteiger partial charge in [-0.3, -0.25) is 4.90 Å². The first-order valence-electron chi connectivity index (χ1n) is 7.26. The minimum absolute atomic E-state index is 0.106. The number of piperidine rings is 1. The third-order valence-electron chi connectivity index (χ3n) is 4.24. The SMILES string of the molecule is CC1CCN(C(c2cccc(Cl)c2)C(C)N)C(C)C1. The topological polar surface area (TPSA) is 29.3 Å². The molecule has 0 amide bonds. The van der Waals surface area contributed by atoms with E-state index in [2.05, 4.69) is 37.8 Å². The van der Waals surface area contributed by atoms with Gasteiger partial charge in [-0.15, -0.1) is 0 Å². The molecule has 0 aliphatic carbocycles. The number of benzene rings is 1. The Bertz CT molecular complexity index is 419. The van der Waals surface area contributed by atoms with Crippen molar-refractivity contribution in [2.45, 2.75) is 51.7 Å². The van der Waals surface area contributed by atoms with Crippen LogP contribution in [0.3, 0.4) is 0 Å². The summed E-state index contributed by atoms with van der Waals surface area (Å²) in [6.07, 6.45) is 2.51. The van der Waals surface area contributed by atoms with E-state index in [9.17, 15) is 0 Å². The maximum Gasteiger partial charge on any atom is 0.0499 e. The van der Waals surface area contributed by atoms with Gasteiger partial charge < -0.3 is 5.73 Å². The third kappa shape index (κ3) is 3.50. The second kappa shape index (κ2) is 6.25. The molecule has 4 unspecified atom stereocenters. The van der Waals surface area contributed by atoms with Gasteiger partial charge in [0.15, 0.2) is 0 Å². The monoisotopic (exact) mass is 280 g/mol. The Morgan fingerprint density at radius 2 is 2.11 bits per heavy atom. The summed E-state index contributed by atoms with van der Waals surface area (Å²) in [5.41, 5.74) is 7.50. The van der Waals surface area contributed by atoms with E-state index in [1.54, 1.807) is 0 Å². The summed E-state index contributed by atoms with van der Waals surface area (Å²) in [6.45, 7) is 7.88. The van der Waals surface area contributed by atoms with Gasteiger partial charge in [0.05, 0.1) is 0 Å². The quantitative estimate of drug-likeness (QED) is 0.911. The van der Waals surface area contributed by atoms with E-state index in [0.717, 1.165) is 17.5 Å². The van der Waals surface area contributed by atoms with Crippen molar-refractivity contribution in [3.8, 4) is 0 Å². The molecule has 0 aromatic heterocycles. The Hall–Kier alpha value is -0.570. The van der Waals surface area contributed by atoms with Crippen LogP contribution in [-0.2, 0) is 0 Å². The highest BCUT2D eigenvalue weighted by Gasteiger charge is 2.31. The summed E-state index contributed by atoms with van der Waals surface area (Å²) in [5.74, 6) is 0.819. The van der Waals surface area contributed by atoms with Crippen molar-refractivity contribution >= 4 is 11.6 Å². The molecule has 0 bridgehead atoms. The van der Waals surface area contributed by atoms with E-state index < -0.39 is 0 Å². The van der Waals surface area contributed by atoms with E-state index in [1.807, 2.05) is 12.1 Å². The van der Waals surface area contributed by atoms with E-state index in [0.29, 0.717) is 6.04 Å². The Balaban J connectivity index is 2.25. The molecule has 0 saturated carbocycles. The number of rotatable bonds is 3. The summed E-state index contributed by atoms with van der Waals surface area (Å²) in [4.78, 5) is 2.55. The largest absolute Gasteiger partial charge is 0.326 e. The van der Waals surface area contributed by atoms with Crippen LogP contribution in [0.4, 0.5) is 0 Å². The normalized spacial score (nSPS) is 28.1. The van der Waals surface area contributed by atoms with Crippen molar-refractivity contribution < 1.29 is 0 Å². The molecule has 1 heterocycles. The standard InChI is InChI=1S/C16H25ClN2/c1-11-7-8-19(12(2)9-11)16(13(3)18)14-5-4-6-15(17)10-14/h4-6,10-13,16H,7-9,18H2,1-3H3. The minimum atomic E-state index is 0.106. The summed E-state index contributed by atoms with van der Waals surface area (Å²) in [5, 5.41) is 0.793. The fourth-order valence-corrected chi connectivity index (χ4v) is 3.53. The molecule has 2 nitrogen and oxygen atoms in total. The lowest BCUT2D eigenvalue weighted by atomic mass is 9.89. The van der Waals surface area contributed by atoms with Crippen LogP contribution in [-0.4, -0.2) is 23.5 Å². The molecule has 4 atom stereocenters. The molecule has 1 aliphatic rings. The predicted molar refractivity (Wildman–Crippen MR) is 82.4 cm³/mol. The Morgan fingerprint density at radius 3 is 2.68 bits per heavy atom. The average molecular weight is 281 g/mol. The molecule has 1 aromatic rings. The van der Waals surface area contributed by atoms with Crippen molar-refractivity contribution in [3.05, 3.63) is 34.9 Å². The number of likely N-dealkylation sites (tertiary alicyclic amines) is 1. The van der Waals surface area contributed by atoms with Gasteiger partial charge in [-0.05, 0) is 56.8 Å². The lowest BCUT2D eigenvalue weighted by Gasteiger charge is -2.43. The van der Waals surface area contributed by atoms with Crippen LogP contribution < -0.4 is 5.73 Å². The Labute approximate surface area is 121 Å². The minimum Gasteiger partial charge on any atom is -0.326 e. The van der Waals surface area contributed by atoms with Crippen LogP contribution in [0.5, 0.6) is 0 Å². The van der Waals surface area contributed by atoms with Crippen LogP contribution in [0.2, 0.25) is 5.02 Å². The lowest BCUT2D eigenvalue weighted by molar-refractivity contribution is 0.0708. The molecule has 1 aliphatic heterocycles. The number of nitrogens with two attached hydrogens (primary N) is 1. The highest BCUT2D eigenvalue weighted by Crippen LogP contribution is 2.33. The molecule has 1 aromatic carbocycles. The molecule has 0 spiro atoms. The van der Waals surface area contributed by atoms with Gasteiger partial charge in [0.1, 0.15) is 0 Å². The van der Waals surface area contributed by atoms with Gasteiger partial charge in [0.2, 0.25) is 0 Å². The van der Waals surface area contributed by atoms with E-state index in [4.69, 9.17) is 17.3 Å². The van der Waals surface area contributed by atoms with Gasteiger partial charge >= 0.3 is 0 Å². The number of hydrogen-bond acceptors (Lipinski definition) is 2. The fourth-order valence-electron chi connectivity index (χ4n) is 3.33. The number of nitrogens with zero attached hydrogens (tertiary/aromatic N) is 1.